The van der Waals surface area contributed by atoms with Gasteiger partial charge in [0.25, 0.3) is 0 Å². The highest BCUT2D eigenvalue weighted by atomic mass is 79.9. The lowest BCUT2D eigenvalue weighted by Crippen LogP contribution is -2.48. The number of piperidine rings is 1. The van der Waals surface area contributed by atoms with Crippen molar-refractivity contribution in [3.8, 4) is 11.5 Å². The first kappa shape index (κ1) is 18.8. The van der Waals surface area contributed by atoms with Crippen molar-refractivity contribution < 1.29 is 14.2 Å². The Balaban J connectivity index is 0.00000192. The van der Waals surface area contributed by atoms with Crippen LogP contribution in [0.25, 0.3) is 0 Å². The predicted molar refractivity (Wildman–Crippen MR) is 95.7 cm³/mol. The van der Waals surface area contributed by atoms with Crippen LogP contribution in [0.2, 0.25) is 0 Å². The normalized spacial score (nSPS) is 24.1. The lowest BCUT2D eigenvalue weighted by atomic mass is 9.98. The number of likely N-dealkylation sites (tertiary alicyclic amines) is 1. The second-order valence-electron chi connectivity index (χ2n) is 5.83. The van der Waals surface area contributed by atoms with Crippen molar-refractivity contribution in [2.45, 2.75) is 31.5 Å². The van der Waals surface area contributed by atoms with E-state index < -0.39 is 0 Å². The summed E-state index contributed by atoms with van der Waals surface area (Å²) in [4.78, 5) is 2.44. The zero-order valence-corrected chi connectivity index (χ0v) is 15.7. The summed E-state index contributed by atoms with van der Waals surface area (Å²) in [5.74, 6) is 1.65. The van der Waals surface area contributed by atoms with Crippen LogP contribution in [-0.2, 0) is 11.3 Å². The third-order valence-electron chi connectivity index (χ3n) is 4.48. The number of fused-ring (bicyclic) bond motifs is 1. The fraction of sp³-hybridized carbons (Fsp3) is 0.625. The Hall–Kier alpha value is -0.530. The van der Waals surface area contributed by atoms with E-state index in [0.717, 1.165) is 41.9 Å². The van der Waals surface area contributed by atoms with E-state index in [0.29, 0.717) is 31.9 Å². The molecule has 1 fully saturated rings. The number of halogens is 2. The Morgan fingerprint density at radius 2 is 2.00 bits per heavy atom. The molecule has 0 saturated carbocycles. The molecule has 2 heterocycles. The molecule has 1 saturated heterocycles. The molecule has 2 aliphatic rings. The Kier molecular flexibility index (Phi) is 6.98. The molecule has 0 amide bonds. The Labute approximate surface area is 152 Å². The molecule has 0 aromatic heterocycles. The molecule has 3 rings (SSSR count). The smallest absolute Gasteiger partial charge is 0.162 e. The molecule has 130 valence electrons. The first-order valence-electron chi connectivity index (χ1n) is 7.76. The van der Waals surface area contributed by atoms with Crippen LogP contribution in [0, 0.1) is 0 Å². The summed E-state index contributed by atoms with van der Waals surface area (Å²) in [5, 5.41) is 0. The highest BCUT2D eigenvalue weighted by molar-refractivity contribution is 9.10. The van der Waals surface area contributed by atoms with E-state index in [-0.39, 0.29) is 12.4 Å². The van der Waals surface area contributed by atoms with Crippen LogP contribution >= 0.6 is 28.3 Å². The van der Waals surface area contributed by atoms with E-state index in [1.54, 1.807) is 7.11 Å². The van der Waals surface area contributed by atoms with Crippen molar-refractivity contribution in [2.75, 3.05) is 33.4 Å². The number of methoxy groups -OCH3 is 1. The molecule has 2 N–H and O–H groups in total. The van der Waals surface area contributed by atoms with Gasteiger partial charge in [0, 0.05) is 37.3 Å². The third kappa shape index (κ3) is 4.31. The number of benzene rings is 1. The van der Waals surface area contributed by atoms with Gasteiger partial charge >= 0.3 is 0 Å². The number of ether oxygens (including phenoxy) is 3. The molecule has 7 heteroatoms. The molecule has 0 radical (unpaired) electrons. The van der Waals surface area contributed by atoms with Gasteiger partial charge in [0.2, 0.25) is 0 Å². The summed E-state index contributed by atoms with van der Waals surface area (Å²) < 4.78 is 17.9. The first-order chi connectivity index (χ1) is 10.7. The quantitative estimate of drug-likeness (QED) is 0.831. The van der Waals surface area contributed by atoms with Gasteiger partial charge in [-0.15, -0.1) is 12.4 Å². The van der Waals surface area contributed by atoms with Crippen molar-refractivity contribution >= 4 is 28.3 Å². The number of hydrogen-bond acceptors (Lipinski definition) is 5. The van der Waals surface area contributed by atoms with Crippen LogP contribution in [0.15, 0.2) is 16.6 Å². The molecule has 1 aromatic carbocycles. The van der Waals surface area contributed by atoms with Crippen LogP contribution in [0.3, 0.4) is 0 Å². The minimum absolute atomic E-state index is 0. The molecular formula is C16H24BrClN2O3. The molecule has 2 aliphatic heterocycles. The van der Waals surface area contributed by atoms with E-state index in [4.69, 9.17) is 19.9 Å². The van der Waals surface area contributed by atoms with Gasteiger partial charge in [0.05, 0.1) is 6.10 Å². The summed E-state index contributed by atoms with van der Waals surface area (Å²) in [6.07, 6.45) is 2.37. The first-order valence-corrected chi connectivity index (χ1v) is 8.55. The maximum Gasteiger partial charge on any atom is 0.162 e. The molecule has 1 aromatic rings. The minimum Gasteiger partial charge on any atom is -0.486 e. The van der Waals surface area contributed by atoms with Crippen LogP contribution in [-0.4, -0.2) is 50.5 Å². The molecule has 2 atom stereocenters. The molecule has 0 spiro atoms. The molecule has 0 bridgehead atoms. The van der Waals surface area contributed by atoms with Gasteiger partial charge in [-0.2, -0.15) is 0 Å². The highest BCUT2D eigenvalue weighted by Crippen LogP contribution is 2.36. The lowest BCUT2D eigenvalue weighted by molar-refractivity contribution is 0.0101. The van der Waals surface area contributed by atoms with Crippen molar-refractivity contribution in [3.05, 3.63) is 22.2 Å². The molecule has 0 aliphatic carbocycles. The van der Waals surface area contributed by atoms with Crippen molar-refractivity contribution in [3.63, 3.8) is 0 Å². The van der Waals surface area contributed by atoms with Gasteiger partial charge in [-0.05, 0) is 30.5 Å². The number of nitrogens with two attached hydrogens (primary N) is 1. The average molecular weight is 408 g/mol. The van der Waals surface area contributed by atoms with Crippen LogP contribution in [0.4, 0.5) is 0 Å². The van der Waals surface area contributed by atoms with E-state index in [2.05, 4.69) is 26.9 Å². The second kappa shape index (κ2) is 8.53. The maximum atomic E-state index is 5.96. The summed E-state index contributed by atoms with van der Waals surface area (Å²) >= 11 is 3.65. The van der Waals surface area contributed by atoms with Gasteiger partial charge in [-0.3, -0.25) is 4.90 Å². The minimum atomic E-state index is 0. The SMILES string of the molecule is COC1CCN(Cc2cc3c(cc2Br)OCCO3)C(CN)C1.Cl. The molecule has 23 heavy (non-hydrogen) atoms. The summed E-state index contributed by atoms with van der Waals surface area (Å²) in [6, 6.07) is 4.44. The van der Waals surface area contributed by atoms with Gasteiger partial charge in [0.15, 0.2) is 11.5 Å². The Morgan fingerprint density at radius 3 is 2.65 bits per heavy atom. The van der Waals surface area contributed by atoms with Crippen LogP contribution in [0.5, 0.6) is 11.5 Å². The standard InChI is InChI=1S/C16H23BrN2O3.ClH/c1-20-13-2-3-19(12(7-13)9-18)10-11-6-15-16(8-14(11)17)22-5-4-21-15;/h6,8,12-13H,2-5,7,9-10,18H2,1H3;1H. The van der Waals surface area contributed by atoms with E-state index >= 15 is 0 Å². The highest BCUT2D eigenvalue weighted by Gasteiger charge is 2.28. The third-order valence-corrected chi connectivity index (χ3v) is 5.22. The summed E-state index contributed by atoms with van der Waals surface area (Å²) in [6.45, 7) is 3.73. The molecule has 2 unspecified atom stereocenters. The van der Waals surface area contributed by atoms with Gasteiger partial charge in [-0.1, -0.05) is 15.9 Å². The Morgan fingerprint density at radius 1 is 1.30 bits per heavy atom. The molecular weight excluding hydrogens is 384 g/mol. The zero-order chi connectivity index (χ0) is 15.5. The maximum absolute atomic E-state index is 5.96. The van der Waals surface area contributed by atoms with Gasteiger partial charge in [0.1, 0.15) is 13.2 Å². The van der Waals surface area contributed by atoms with Crippen molar-refractivity contribution in [1.29, 1.82) is 0 Å². The summed E-state index contributed by atoms with van der Waals surface area (Å²) in [7, 11) is 1.78. The predicted octanol–water partition coefficient (Wildman–Crippen LogP) is 2.58. The second-order valence-corrected chi connectivity index (χ2v) is 6.68. The summed E-state index contributed by atoms with van der Waals surface area (Å²) in [5.41, 5.74) is 7.17. The van der Waals surface area contributed by atoms with Crippen molar-refractivity contribution in [2.24, 2.45) is 5.73 Å². The lowest BCUT2D eigenvalue weighted by Gasteiger charge is -2.38. The van der Waals surface area contributed by atoms with E-state index in [1.807, 2.05) is 6.07 Å². The van der Waals surface area contributed by atoms with Gasteiger partial charge < -0.3 is 19.9 Å². The van der Waals surface area contributed by atoms with Gasteiger partial charge in [-0.25, -0.2) is 0 Å². The van der Waals surface area contributed by atoms with E-state index in [1.165, 1.54) is 5.56 Å². The van der Waals surface area contributed by atoms with E-state index in [9.17, 15) is 0 Å². The number of hydrogen-bond donors (Lipinski definition) is 1. The topological polar surface area (TPSA) is 57.0 Å². The molecule has 5 nitrogen and oxygen atoms in total. The van der Waals surface area contributed by atoms with Crippen LogP contribution < -0.4 is 15.2 Å². The Bertz CT molecular complexity index is 532. The fourth-order valence-corrected chi connectivity index (χ4v) is 3.62. The van der Waals surface area contributed by atoms with Crippen LogP contribution in [0.1, 0.15) is 18.4 Å². The zero-order valence-electron chi connectivity index (χ0n) is 13.3. The van der Waals surface area contributed by atoms with Crippen molar-refractivity contribution in [1.82, 2.24) is 4.90 Å². The largest absolute Gasteiger partial charge is 0.486 e. The average Bonchev–Trinajstić information content (AvgIpc) is 2.55. The number of rotatable bonds is 4. The fourth-order valence-electron chi connectivity index (χ4n) is 3.18. The number of nitrogens with zero attached hydrogens (tertiary/aromatic N) is 1. The monoisotopic (exact) mass is 406 g/mol.